The summed E-state index contributed by atoms with van der Waals surface area (Å²) in [5.74, 6) is -0.507. The Morgan fingerprint density at radius 1 is 0.930 bits per heavy atom. The lowest BCUT2D eigenvalue weighted by atomic mass is 9.83. The Morgan fingerprint density at radius 3 is 2.09 bits per heavy atom. The fourth-order valence-corrected chi connectivity index (χ4v) is 6.01. The van der Waals surface area contributed by atoms with Crippen LogP contribution in [0.15, 0.2) is 48.5 Å². The van der Waals surface area contributed by atoms with Crippen LogP contribution in [0.1, 0.15) is 80.2 Å². The van der Waals surface area contributed by atoms with Gasteiger partial charge in [-0.25, -0.2) is 4.79 Å². The number of ether oxygens (including phenoxy) is 1. The number of halogens is 6. The lowest BCUT2D eigenvalue weighted by molar-refractivity contribution is -0.143. The monoisotopic (exact) mass is 613 g/mol. The van der Waals surface area contributed by atoms with E-state index in [2.05, 4.69) is 10.6 Å². The molecule has 1 saturated carbocycles. The second-order valence-electron chi connectivity index (χ2n) is 11.3. The molecule has 12 heteroatoms. The minimum Gasteiger partial charge on any atom is -0.370 e. The number of alkyl halides is 6. The standard InChI is InChI=1S/C31H37F6N3O3/c1-3-38-29(42)39-25-11-9-21(10-12-25)28(41)40-14-13-27(26(18-40)20-7-5-4-6-8-20)43-19(2)22-15-23(30(32,33)34)17-24(16-22)31(35,36)37/h4-8,15-17,19,21,25-27H,3,9-14,18H2,1-2H3,(H2,38,39,42)/t19-,21-,25-,26+,27+/m1/s1. The molecule has 3 amide bonds. The van der Waals surface area contributed by atoms with Crippen LogP contribution in [0.4, 0.5) is 31.1 Å². The van der Waals surface area contributed by atoms with Crippen molar-refractivity contribution in [3.05, 3.63) is 70.8 Å². The van der Waals surface area contributed by atoms with Gasteiger partial charge in [-0.1, -0.05) is 30.3 Å². The van der Waals surface area contributed by atoms with Crippen molar-refractivity contribution in [1.82, 2.24) is 15.5 Å². The van der Waals surface area contributed by atoms with Crippen LogP contribution in [0.5, 0.6) is 0 Å². The molecule has 1 aliphatic carbocycles. The van der Waals surface area contributed by atoms with Gasteiger partial charge in [-0.3, -0.25) is 4.79 Å². The smallest absolute Gasteiger partial charge is 0.370 e. The van der Waals surface area contributed by atoms with Crippen LogP contribution in [0.25, 0.3) is 0 Å². The number of hydrogen-bond donors (Lipinski definition) is 2. The Morgan fingerprint density at radius 2 is 1.53 bits per heavy atom. The van der Waals surface area contributed by atoms with Crippen LogP contribution in [-0.4, -0.2) is 48.6 Å². The third kappa shape index (κ3) is 8.43. The molecule has 2 aromatic carbocycles. The summed E-state index contributed by atoms with van der Waals surface area (Å²) in [6, 6.07) is 10.6. The first-order valence-corrected chi connectivity index (χ1v) is 14.6. The summed E-state index contributed by atoms with van der Waals surface area (Å²) in [7, 11) is 0. The van der Waals surface area contributed by atoms with Crippen LogP contribution in [-0.2, 0) is 21.9 Å². The highest BCUT2D eigenvalue weighted by Gasteiger charge is 2.40. The number of carbonyl (C=O) groups excluding carboxylic acids is 2. The number of hydrogen-bond acceptors (Lipinski definition) is 3. The van der Waals surface area contributed by atoms with Crippen LogP contribution < -0.4 is 10.6 Å². The lowest BCUT2D eigenvalue weighted by Crippen LogP contribution is -2.49. The van der Waals surface area contributed by atoms with E-state index in [0.29, 0.717) is 63.9 Å². The fraction of sp³-hybridized carbons (Fsp3) is 0.548. The van der Waals surface area contributed by atoms with Crippen molar-refractivity contribution in [2.45, 2.75) is 82.5 Å². The Labute approximate surface area is 247 Å². The first-order valence-electron chi connectivity index (χ1n) is 14.6. The first kappa shape index (κ1) is 32.6. The third-order valence-corrected chi connectivity index (χ3v) is 8.30. The number of amides is 3. The van der Waals surface area contributed by atoms with E-state index in [9.17, 15) is 35.9 Å². The molecule has 43 heavy (non-hydrogen) atoms. The zero-order chi connectivity index (χ0) is 31.4. The Bertz CT molecular complexity index is 1210. The number of rotatable bonds is 7. The average molecular weight is 614 g/mol. The zero-order valence-electron chi connectivity index (χ0n) is 24.1. The molecule has 6 nitrogen and oxygen atoms in total. The van der Waals surface area contributed by atoms with Gasteiger partial charge >= 0.3 is 18.4 Å². The maximum absolute atomic E-state index is 13.5. The molecular weight excluding hydrogens is 576 g/mol. The summed E-state index contributed by atoms with van der Waals surface area (Å²) in [5.41, 5.74) is -2.12. The number of nitrogens with zero attached hydrogens (tertiary/aromatic N) is 1. The van der Waals surface area contributed by atoms with E-state index in [-0.39, 0.29) is 41.4 Å². The Balaban J connectivity index is 1.48. The quantitative estimate of drug-likeness (QED) is 0.329. The molecule has 236 valence electrons. The molecule has 0 aromatic heterocycles. The van der Waals surface area contributed by atoms with E-state index in [1.807, 2.05) is 37.3 Å². The second-order valence-corrected chi connectivity index (χ2v) is 11.3. The molecule has 3 atom stereocenters. The summed E-state index contributed by atoms with van der Waals surface area (Å²) < 4.78 is 86.9. The molecule has 2 fully saturated rings. The Hall–Kier alpha value is -3.28. The van der Waals surface area contributed by atoms with Crippen LogP contribution in [0, 0.1) is 5.92 Å². The van der Waals surface area contributed by atoms with Crippen LogP contribution >= 0.6 is 0 Å². The summed E-state index contributed by atoms with van der Waals surface area (Å²) in [6.45, 7) is 4.47. The van der Waals surface area contributed by atoms with Crippen molar-refractivity contribution >= 4 is 11.9 Å². The van der Waals surface area contributed by atoms with Crippen LogP contribution in [0.2, 0.25) is 0 Å². The topological polar surface area (TPSA) is 70.7 Å². The molecule has 0 radical (unpaired) electrons. The molecule has 2 aromatic rings. The van der Waals surface area contributed by atoms with Gasteiger partial charge in [0.1, 0.15) is 0 Å². The van der Waals surface area contributed by atoms with Crippen molar-refractivity contribution in [3.8, 4) is 0 Å². The minimum atomic E-state index is -4.95. The number of urea groups is 1. The number of nitrogens with one attached hydrogen (secondary N) is 2. The molecule has 1 heterocycles. The largest absolute Gasteiger partial charge is 0.416 e. The maximum Gasteiger partial charge on any atom is 0.416 e. The Kier molecular flexibility index (Phi) is 10.3. The van der Waals surface area contributed by atoms with E-state index < -0.39 is 35.7 Å². The molecule has 2 aliphatic rings. The van der Waals surface area contributed by atoms with Crippen LogP contribution in [0.3, 0.4) is 0 Å². The minimum absolute atomic E-state index is 0.00185. The first-order chi connectivity index (χ1) is 20.3. The molecule has 0 bridgehead atoms. The predicted octanol–water partition coefficient (Wildman–Crippen LogP) is 7.06. The normalized spacial score (nSPS) is 23.9. The van der Waals surface area contributed by atoms with E-state index in [1.54, 1.807) is 4.90 Å². The summed E-state index contributed by atoms with van der Waals surface area (Å²) in [6.07, 6.45) is -8.50. The van der Waals surface area contributed by atoms with Gasteiger partial charge in [0.2, 0.25) is 5.91 Å². The van der Waals surface area contributed by atoms with Crippen molar-refractivity contribution in [2.24, 2.45) is 5.92 Å². The van der Waals surface area contributed by atoms with Gasteiger partial charge in [-0.05, 0) is 75.3 Å². The van der Waals surface area contributed by atoms with E-state index in [1.165, 1.54) is 6.92 Å². The molecular formula is C31H37F6N3O3. The summed E-state index contributed by atoms with van der Waals surface area (Å²) >= 11 is 0. The van der Waals surface area contributed by atoms with Crippen molar-refractivity contribution in [1.29, 1.82) is 0 Å². The highest BCUT2D eigenvalue weighted by Crippen LogP contribution is 2.40. The third-order valence-electron chi connectivity index (χ3n) is 8.30. The van der Waals surface area contributed by atoms with Gasteiger partial charge < -0.3 is 20.3 Å². The van der Waals surface area contributed by atoms with Gasteiger partial charge in [-0.2, -0.15) is 26.3 Å². The highest BCUT2D eigenvalue weighted by molar-refractivity contribution is 5.79. The van der Waals surface area contributed by atoms with Gasteiger partial charge in [0.05, 0.1) is 23.3 Å². The molecule has 4 rings (SSSR count). The fourth-order valence-electron chi connectivity index (χ4n) is 6.01. The molecule has 1 aliphatic heterocycles. The van der Waals surface area contributed by atoms with Crippen molar-refractivity contribution < 1.29 is 40.7 Å². The van der Waals surface area contributed by atoms with E-state index >= 15 is 0 Å². The maximum atomic E-state index is 13.5. The second kappa shape index (κ2) is 13.6. The zero-order valence-corrected chi connectivity index (χ0v) is 24.1. The molecule has 2 N–H and O–H groups in total. The molecule has 0 unspecified atom stereocenters. The molecule has 1 saturated heterocycles. The van der Waals surface area contributed by atoms with Gasteiger partial charge in [0.25, 0.3) is 0 Å². The summed E-state index contributed by atoms with van der Waals surface area (Å²) in [4.78, 5) is 27.2. The number of piperidine rings is 1. The number of benzene rings is 2. The van der Waals surface area contributed by atoms with Crippen molar-refractivity contribution in [3.63, 3.8) is 0 Å². The predicted molar refractivity (Wildman–Crippen MR) is 148 cm³/mol. The average Bonchev–Trinajstić information content (AvgIpc) is 2.97. The van der Waals surface area contributed by atoms with Crippen molar-refractivity contribution in [2.75, 3.05) is 19.6 Å². The summed E-state index contributed by atoms with van der Waals surface area (Å²) in [5, 5.41) is 5.64. The van der Waals surface area contributed by atoms with Gasteiger partial charge in [0, 0.05) is 37.5 Å². The highest BCUT2D eigenvalue weighted by atomic mass is 19.4. The molecule has 0 spiro atoms. The SMILES string of the molecule is CCNC(=O)N[C@H]1CC[C@H](C(=O)N2CC[C@H](O[C@H](C)c3cc(C(F)(F)F)cc(C(F)(F)F)c3)[C@H](c3ccccc3)C2)CC1. The number of likely N-dealkylation sites (tertiary alicyclic amines) is 1. The van der Waals surface area contributed by atoms with Gasteiger partial charge in [0.15, 0.2) is 0 Å². The van der Waals surface area contributed by atoms with E-state index in [0.717, 1.165) is 5.56 Å². The van der Waals surface area contributed by atoms with Gasteiger partial charge in [-0.15, -0.1) is 0 Å². The number of carbonyl (C=O) groups is 2. The van der Waals surface area contributed by atoms with E-state index in [4.69, 9.17) is 4.74 Å². The lowest BCUT2D eigenvalue weighted by Gasteiger charge is -2.41.